The van der Waals surface area contributed by atoms with Gasteiger partial charge in [-0.1, -0.05) is 13.8 Å². The first-order chi connectivity index (χ1) is 12.5. The van der Waals surface area contributed by atoms with E-state index in [1.807, 2.05) is 62.4 Å². The maximum atomic E-state index is 9.73. The van der Waals surface area contributed by atoms with E-state index in [-0.39, 0.29) is 6.61 Å². The number of H-pyrrole nitrogens is 1. The average Bonchev–Trinajstić information content (AvgIpc) is 3.14. The molecule has 0 aliphatic carbocycles. The molecule has 0 aliphatic heterocycles. The van der Waals surface area contributed by atoms with Crippen molar-refractivity contribution in [2.75, 3.05) is 20.8 Å². The normalized spacial score (nSPS) is 11.4. The van der Waals surface area contributed by atoms with Crippen molar-refractivity contribution in [1.82, 2.24) is 9.97 Å². The average molecular weight is 352 g/mol. The molecule has 26 heavy (non-hydrogen) atoms. The van der Waals surface area contributed by atoms with E-state index in [9.17, 15) is 5.11 Å². The van der Waals surface area contributed by atoms with Crippen LogP contribution in [0.3, 0.4) is 0 Å². The van der Waals surface area contributed by atoms with E-state index in [0.717, 1.165) is 39.8 Å². The van der Waals surface area contributed by atoms with Crippen LogP contribution in [-0.2, 0) is 5.41 Å². The Morgan fingerprint density at radius 3 is 1.85 bits per heavy atom. The van der Waals surface area contributed by atoms with Gasteiger partial charge in [0.15, 0.2) is 0 Å². The first kappa shape index (κ1) is 18.0. The first-order valence-corrected chi connectivity index (χ1v) is 8.48. The van der Waals surface area contributed by atoms with Gasteiger partial charge < -0.3 is 19.6 Å². The standard InChI is InChI=1S/C21H24N2O3/c1-21(2,13-24)20-22-18(14-5-9-16(25-3)10-6-14)19(23-20)15-7-11-17(26-4)12-8-15/h5-12,24H,13H2,1-4H3,(H,22,23). The van der Waals surface area contributed by atoms with Gasteiger partial charge in [-0.05, 0) is 48.5 Å². The predicted octanol–water partition coefficient (Wildman–Crippen LogP) is 4.03. The second-order valence-corrected chi connectivity index (χ2v) is 6.81. The van der Waals surface area contributed by atoms with E-state index in [2.05, 4.69) is 4.98 Å². The summed E-state index contributed by atoms with van der Waals surface area (Å²) < 4.78 is 10.5. The Balaban J connectivity index is 2.13. The maximum absolute atomic E-state index is 9.73. The number of ether oxygens (including phenoxy) is 2. The smallest absolute Gasteiger partial charge is 0.118 e. The highest BCUT2D eigenvalue weighted by Gasteiger charge is 2.26. The summed E-state index contributed by atoms with van der Waals surface area (Å²) in [6.07, 6.45) is 0. The van der Waals surface area contributed by atoms with Crippen LogP contribution in [0.5, 0.6) is 11.5 Å². The molecule has 0 atom stereocenters. The van der Waals surface area contributed by atoms with Gasteiger partial charge in [0.05, 0.1) is 32.2 Å². The van der Waals surface area contributed by atoms with Crippen LogP contribution in [0, 0.1) is 0 Å². The topological polar surface area (TPSA) is 67.4 Å². The summed E-state index contributed by atoms with van der Waals surface area (Å²) in [4.78, 5) is 8.22. The van der Waals surface area contributed by atoms with Gasteiger partial charge in [0.2, 0.25) is 0 Å². The molecule has 0 radical (unpaired) electrons. The number of aromatic nitrogens is 2. The SMILES string of the molecule is COc1ccc(-c2nc(C(C)(C)CO)[nH]c2-c2ccc(OC)cc2)cc1. The number of nitrogens with zero attached hydrogens (tertiary/aromatic N) is 1. The zero-order valence-corrected chi connectivity index (χ0v) is 15.5. The molecule has 3 rings (SSSR count). The fourth-order valence-corrected chi connectivity index (χ4v) is 2.69. The van der Waals surface area contributed by atoms with Gasteiger partial charge in [-0.15, -0.1) is 0 Å². The molecule has 0 aliphatic rings. The number of hydrogen-bond donors (Lipinski definition) is 2. The Hall–Kier alpha value is -2.79. The van der Waals surface area contributed by atoms with Crippen molar-refractivity contribution in [3.8, 4) is 34.0 Å². The minimum atomic E-state index is -0.466. The Kier molecular flexibility index (Phi) is 5.00. The highest BCUT2D eigenvalue weighted by Crippen LogP contribution is 2.34. The van der Waals surface area contributed by atoms with Gasteiger partial charge in [-0.3, -0.25) is 0 Å². The lowest BCUT2D eigenvalue weighted by molar-refractivity contribution is 0.212. The monoisotopic (exact) mass is 352 g/mol. The molecule has 0 bridgehead atoms. The number of nitrogens with one attached hydrogen (secondary N) is 1. The molecule has 2 N–H and O–H groups in total. The van der Waals surface area contributed by atoms with Crippen LogP contribution in [0.2, 0.25) is 0 Å². The summed E-state index contributed by atoms with van der Waals surface area (Å²) in [7, 11) is 3.30. The quantitative estimate of drug-likeness (QED) is 0.703. The van der Waals surface area contributed by atoms with Crippen molar-refractivity contribution >= 4 is 0 Å². The lowest BCUT2D eigenvalue weighted by atomic mass is 9.94. The summed E-state index contributed by atoms with van der Waals surface area (Å²) in [5.74, 6) is 2.35. The van der Waals surface area contributed by atoms with Gasteiger partial charge in [-0.25, -0.2) is 4.98 Å². The van der Waals surface area contributed by atoms with Gasteiger partial charge >= 0.3 is 0 Å². The molecule has 0 fully saturated rings. The Morgan fingerprint density at radius 2 is 1.38 bits per heavy atom. The molecular weight excluding hydrogens is 328 g/mol. The Morgan fingerprint density at radius 1 is 0.885 bits per heavy atom. The number of benzene rings is 2. The van der Waals surface area contributed by atoms with E-state index >= 15 is 0 Å². The second-order valence-electron chi connectivity index (χ2n) is 6.81. The van der Waals surface area contributed by atoms with E-state index in [0.29, 0.717) is 0 Å². The lowest BCUT2D eigenvalue weighted by Gasteiger charge is -2.18. The van der Waals surface area contributed by atoms with Gasteiger partial charge in [0, 0.05) is 16.5 Å². The van der Waals surface area contributed by atoms with Crippen LogP contribution in [0.15, 0.2) is 48.5 Å². The highest BCUT2D eigenvalue weighted by molar-refractivity contribution is 5.79. The maximum Gasteiger partial charge on any atom is 0.118 e. The van der Waals surface area contributed by atoms with Crippen LogP contribution in [0.4, 0.5) is 0 Å². The van der Waals surface area contributed by atoms with Crippen molar-refractivity contribution in [2.45, 2.75) is 19.3 Å². The summed E-state index contributed by atoms with van der Waals surface area (Å²) in [5, 5.41) is 9.73. The van der Waals surface area contributed by atoms with E-state index in [1.165, 1.54) is 0 Å². The molecule has 136 valence electrons. The van der Waals surface area contributed by atoms with Gasteiger partial charge in [0.1, 0.15) is 17.3 Å². The second kappa shape index (κ2) is 7.22. The molecule has 0 spiro atoms. The Bertz CT molecular complexity index is 800. The van der Waals surface area contributed by atoms with Crippen molar-refractivity contribution in [3.05, 3.63) is 54.4 Å². The Labute approximate surface area is 153 Å². The minimum absolute atomic E-state index is 0.00458. The lowest BCUT2D eigenvalue weighted by Crippen LogP contribution is -2.23. The predicted molar refractivity (Wildman–Crippen MR) is 103 cm³/mol. The molecule has 0 saturated carbocycles. The fourth-order valence-electron chi connectivity index (χ4n) is 2.69. The fraction of sp³-hybridized carbons (Fsp3) is 0.286. The number of aromatic amines is 1. The van der Waals surface area contributed by atoms with Crippen LogP contribution in [0.25, 0.3) is 22.5 Å². The van der Waals surface area contributed by atoms with E-state index in [4.69, 9.17) is 14.5 Å². The van der Waals surface area contributed by atoms with E-state index in [1.54, 1.807) is 14.2 Å². The molecule has 0 unspecified atom stereocenters. The highest BCUT2D eigenvalue weighted by atomic mass is 16.5. The molecule has 1 heterocycles. The molecule has 2 aromatic carbocycles. The van der Waals surface area contributed by atoms with Crippen molar-refractivity contribution in [2.24, 2.45) is 0 Å². The first-order valence-electron chi connectivity index (χ1n) is 8.48. The van der Waals surface area contributed by atoms with Gasteiger partial charge in [-0.2, -0.15) is 0 Å². The van der Waals surface area contributed by atoms with Crippen molar-refractivity contribution in [1.29, 1.82) is 0 Å². The van der Waals surface area contributed by atoms with Gasteiger partial charge in [0.25, 0.3) is 0 Å². The minimum Gasteiger partial charge on any atom is -0.497 e. The zero-order valence-electron chi connectivity index (χ0n) is 15.5. The molecule has 1 aromatic heterocycles. The molecule has 0 amide bonds. The number of aliphatic hydroxyl groups excluding tert-OH is 1. The van der Waals surface area contributed by atoms with E-state index < -0.39 is 5.41 Å². The molecule has 0 saturated heterocycles. The summed E-state index contributed by atoms with van der Waals surface area (Å²) >= 11 is 0. The summed E-state index contributed by atoms with van der Waals surface area (Å²) in [6, 6.07) is 15.6. The third-order valence-electron chi connectivity index (χ3n) is 4.48. The third kappa shape index (κ3) is 3.44. The van der Waals surface area contributed by atoms with Crippen LogP contribution in [-0.4, -0.2) is 35.9 Å². The van der Waals surface area contributed by atoms with Crippen LogP contribution in [0.1, 0.15) is 19.7 Å². The van der Waals surface area contributed by atoms with Crippen LogP contribution >= 0.6 is 0 Å². The summed E-state index contributed by atoms with van der Waals surface area (Å²) in [6.45, 7) is 3.92. The number of imidazole rings is 1. The third-order valence-corrected chi connectivity index (χ3v) is 4.48. The molecule has 5 nitrogen and oxygen atoms in total. The zero-order chi connectivity index (χ0) is 18.7. The summed E-state index contributed by atoms with van der Waals surface area (Å²) in [5.41, 5.74) is 3.27. The molecule has 3 aromatic rings. The molecule has 5 heteroatoms. The molecular formula is C21H24N2O3. The number of hydrogen-bond acceptors (Lipinski definition) is 4. The number of methoxy groups -OCH3 is 2. The van der Waals surface area contributed by atoms with Crippen LogP contribution < -0.4 is 9.47 Å². The number of aliphatic hydroxyl groups is 1. The largest absolute Gasteiger partial charge is 0.497 e. The van der Waals surface area contributed by atoms with Crippen molar-refractivity contribution < 1.29 is 14.6 Å². The van der Waals surface area contributed by atoms with Crippen molar-refractivity contribution in [3.63, 3.8) is 0 Å². The number of rotatable bonds is 6.